The number of carbonyl (C=O) groups excluding carboxylic acids is 1. The highest BCUT2D eigenvalue weighted by molar-refractivity contribution is 7.89. The maximum absolute atomic E-state index is 12.6. The summed E-state index contributed by atoms with van der Waals surface area (Å²) in [6.07, 6.45) is 7.16. The van der Waals surface area contributed by atoms with Crippen LogP contribution in [0.15, 0.2) is 35.2 Å². The molecule has 4 fully saturated rings. The standard InChI is InChI=1S/C19H26N2O3S/c1-21(25(23,24)17-5-3-2-4-6-17)13-18(22)20-19-10-14-7-15(11-19)9-16(8-14)12-19/h2-6,14-16H,7-13H2,1H3,(H,20,22). The molecule has 6 heteroatoms. The summed E-state index contributed by atoms with van der Waals surface area (Å²) in [7, 11) is -2.15. The number of rotatable bonds is 5. The van der Waals surface area contributed by atoms with Crippen LogP contribution in [0.4, 0.5) is 0 Å². The molecular weight excluding hydrogens is 336 g/mol. The van der Waals surface area contributed by atoms with Crippen molar-refractivity contribution in [1.29, 1.82) is 0 Å². The van der Waals surface area contributed by atoms with E-state index in [1.807, 2.05) is 0 Å². The maximum atomic E-state index is 12.6. The van der Waals surface area contributed by atoms with Gasteiger partial charge in [-0.3, -0.25) is 4.79 Å². The molecule has 0 aromatic heterocycles. The highest BCUT2D eigenvalue weighted by Crippen LogP contribution is 2.55. The number of likely N-dealkylation sites (N-methyl/N-ethyl adjacent to an activating group) is 1. The molecule has 4 bridgehead atoms. The van der Waals surface area contributed by atoms with Gasteiger partial charge in [0, 0.05) is 12.6 Å². The maximum Gasteiger partial charge on any atom is 0.243 e. The number of sulfonamides is 1. The lowest BCUT2D eigenvalue weighted by Gasteiger charge is -2.57. The molecule has 5 rings (SSSR count). The summed E-state index contributed by atoms with van der Waals surface area (Å²) in [5.41, 5.74) is -0.0802. The lowest BCUT2D eigenvalue weighted by Crippen LogP contribution is -2.61. The number of nitrogens with zero attached hydrogens (tertiary/aromatic N) is 1. The molecule has 1 N–H and O–H groups in total. The normalized spacial score (nSPS) is 33.6. The van der Waals surface area contributed by atoms with Gasteiger partial charge >= 0.3 is 0 Å². The topological polar surface area (TPSA) is 66.5 Å². The Hall–Kier alpha value is -1.40. The zero-order chi connectivity index (χ0) is 17.7. The summed E-state index contributed by atoms with van der Waals surface area (Å²) in [5, 5.41) is 3.23. The van der Waals surface area contributed by atoms with Crippen molar-refractivity contribution in [3.8, 4) is 0 Å². The van der Waals surface area contributed by atoms with E-state index < -0.39 is 10.0 Å². The Morgan fingerprint density at radius 2 is 1.60 bits per heavy atom. The average Bonchev–Trinajstić information content (AvgIpc) is 2.53. The monoisotopic (exact) mass is 362 g/mol. The van der Waals surface area contributed by atoms with E-state index in [0.29, 0.717) is 0 Å². The molecule has 25 heavy (non-hydrogen) atoms. The molecular formula is C19H26N2O3S. The quantitative estimate of drug-likeness (QED) is 0.875. The van der Waals surface area contributed by atoms with Crippen LogP contribution in [-0.2, 0) is 14.8 Å². The molecule has 0 unspecified atom stereocenters. The number of hydrogen-bond acceptors (Lipinski definition) is 3. The van der Waals surface area contributed by atoms with Crippen molar-refractivity contribution in [2.24, 2.45) is 17.8 Å². The van der Waals surface area contributed by atoms with Crippen molar-refractivity contribution in [3.05, 3.63) is 30.3 Å². The van der Waals surface area contributed by atoms with Crippen LogP contribution in [0, 0.1) is 17.8 Å². The Balaban J connectivity index is 1.42. The van der Waals surface area contributed by atoms with Crippen molar-refractivity contribution >= 4 is 15.9 Å². The Morgan fingerprint density at radius 3 is 2.12 bits per heavy atom. The van der Waals surface area contributed by atoms with Gasteiger partial charge in [0.1, 0.15) is 0 Å². The zero-order valence-electron chi connectivity index (χ0n) is 14.6. The van der Waals surface area contributed by atoms with E-state index in [1.165, 1.54) is 26.3 Å². The molecule has 0 heterocycles. The van der Waals surface area contributed by atoms with E-state index in [2.05, 4.69) is 5.32 Å². The first-order valence-electron chi connectivity index (χ1n) is 9.19. The fourth-order valence-electron chi connectivity index (χ4n) is 5.66. The lowest BCUT2D eigenvalue weighted by molar-refractivity contribution is -0.126. The Bertz CT molecular complexity index is 725. The van der Waals surface area contributed by atoms with Crippen molar-refractivity contribution in [2.45, 2.75) is 49.0 Å². The number of amides is 1. The highest BCUT2D eigenvalue weighted by Gasteiger charge is 2.51. The summed E-state index contributed by atoms with van der Waals surface area (Å²) < 4.78 is 26.3. The average molecular weight is 362 g/mol. The molecule has 4 aliphatic carbocycles. The first kappa shape index (κ1) is 17.0. The number of nitrogens with one attached hydrogen (secondary N) is 1. The minimum atomic E-state index is -3.63. The molecule has 0 saturated heterocycles. The molecule has 1 amide bonds. The van der Waals surface area contributed by atoms with Crippen LogP contribution in [0.1, 0.15) is 38.5 Å². The fraction of sp³-hybridized carbons (Fsp3) is 0.632. The minimum Gasteiger partial charge on any atom is -0.349 e. The zero-order valence-corrected chi connectivity index (χ0v) is 15.5. The minimum absolute atomic E-state index is 0.0802. The molecule has 0 atom stereocenters. The van der Waals surface area contributed by atoms with Gasteiger partial charge < -0.3 is 5.32 Å². The second-order valence-electron chi connectivity index (χ2n) is 8.32. The number of hydrogen-bond donors (Lipinski definition) is 1. The second kappa shape index (κ2) is 6.09. The third kappa shape index (κ3) is 3.22. The van der Waals surface area contributed by atoms with E-state index in [-0.39, 0.29) is 22.9 Å². The van der Waals surface area contributed by atoms with E-state index in [9.17, 15) is 13.2 Å². The Kier molecular flexibility index (Phi) is 4.15. The van der Waals surface area contributed by atoms with E-state index in [0.717, 1.165) is 41.3 Å². The molecule has 0 radical (unpaired) electrons. The van der Waals surface area contributed by atoms with Crippen LogP contribution >= 0.6 is 0 Å². The SMILES string of the molecule is CN(CC(=O)NC12CC3CC(CC(C3)C1)C2)S(=O)(=O)c1ccccc1. The van der Waals surface area contributed by atoms with Crippen LogP contribution in [0.2, 0.25) is 0 Å². The van der Waals surface area contributed by atoms with E-state index >= 15 is 0 Å². The Labute approximate surface area is 149 Å². The lowest BCUT2D eigenvalue weighted by atomic mass is 9.53. The molecule has 0 aliphatic heterocycles. The summed E-state index contributed by atoms with van der Waals surface area (Å²) in [6.45, 7) is -0.126. The van der Waals surface area contributed by atoms with Crippen LogP contribution in [0.5, 0.6) is 0 Å². The summed E-state index contributed by atoms with van der Waals surface area (Å²) >= 11 is 0. The van der Waals surface area contributed by atoms with Crippen molar-refractivity contribution in [3.63, 3.8) is 0 Å². The molecule has 4 saturated carbocycles. The van der Waals surface area contributed by atoms with Crippen LogP contribution < -0.4 is 5.32 Å². The Morgan fingerprint density at radius 1 is 1.08 bits per heavy atom. The molecule has 0 spiro atoms. The van der Waals surface area contributed by atoms with Gasteiger partial charge in [0.25, 0.3) is 0 Å². The van der Waals surface area contributed by atoms with Gasteiger partial charge in [-0.05, 0) is 68.4 Å². The second-order valence-corrected chi connectivity index (χ2v) is 10.4. The van der Waals surface area contributed by atoms with Crippen LogP contribution in [0.3, 0.4) is 0 Å². The van der Waals surface area contributed by atoms with Crippen LogP contribution in [0.25, 0.3) is 0 Å². The van der Waals surface area contributed by atoms with Gasteiger partial charge in [-0.2, -0.15) is 4.31 Å². The first-order valence-corrected chi connectivity index (χ1v) is 10.6. The number of benzene rings is 1. The molecule has 1 aromatic rings. The van der Waals surface area contributed by atoms with Gasteiger partial charge in [-0.1, -0.05) is 18.2 Å². The summed E-state index contributed by atoms with van der Waals surface area (Å²) in [6, 6.07) is 8.27. The summed E-state index contributed by atoms with van der Waals surface area (Å²) in [5.74, 6) is 2.07. The first-order chi connectivity index (χ1) is 11.9. The van der Waals surface area contributed by atoms with Crippen molar-refractivity contribution in [2.75, 3.05) is 13.6 Å². The molecule has 4 aliphatic rings. The van der Waals surface area contributed by atoms with Gasteiger partial charge in [0.05, 0.1) is 11.4 Å². The van der Waals surface area contributed by atoms with Crippen molar-refractivity contribution in [1.82, 2.24) is 9.62 Å². The van der Waals surface area contributed by atoms with Gasteiger partial charge in [0.2, 0.25) is 15.9 Å². The van der Waals surface area contributed by atoms with Gasteiger partial charge in [0.15, 0.2) is 0 Å². The fourth-order valence-corrected chi connectivity index (χ4v) is 6.81. The van der Waals surface area contributed by atoms with Crippen molar-refractivity contribution < 1.29 is 13.2 Å². The highest BCUT2D eigenvalue weighted by atomic mass is 32.2. The molecule has 136 valence electrons. The van der Waals surface area contributed by atoms with Gasteiger partial charge in [-0.25, -0.2) is 8.42 Å². The van der Waals surface area contributed by atoms with E-state index in [1.54, 1.807) is 30.3 Å². The van der Waals surface area contributed by atoms with Crippen LogP contribution in [-0.4, -0.2) is 37.8 Å². The third-order valence-electron chi connectivity index (χ3n) is 6.26. The van der Waals surface area contributed by atoms with E-state index in [4.69, 9.17) is 0 Å². The number of carbonyl (C=O) groups is 1. The molecule has 1 aromatic carbocycles. The largest absolute Gasteiger partial charge is 0.349 e. The smallest absolute Gasteiger partial charge is 0.243 e. The van der Waals surface area contributed by atoms with Gasteiger partial charge in [-0.15, -0.1) is 0 Å². The third-order valence-corrected chi connectivity index (χ3v) is 8.08. The molecule has 5 nitrogen and oxygen atoms in total. The summed E-state index contributed by atoms with van der Waals surface area (Å²) in [4.78, 5) is 12.8. The predicted molar refractivity (Wildman–Crippen MR) is 95.3 cm³/mol. The predicted octanol–water partition coefficient (Wildman–Crippen LogP) is 2.39.